The van der Waals surface area contributed by atoms with Gasteiger partial charge in [-0.05, 0) is 48.7 Å². The number of hydrogen-bond donors (Lipinski definition) is 1. The minimum atomic E-state index is -0.179. The molecule has 1 aliphatic heterocycles. The highest BCUT2D eigenvalue weighted by molar-refractivity contribution is 5.94. The number of hydrogen-bond acceptors (Lipinski definition) is 4. The van der Waals surface area contributed by atoms with Gasteiger partial charge in [0.25, 0.3) is 5.91 Å². The van der Waals surface area contributed by atoms with E-state index in [1.54, 1.807) is 30.5 Å². The highest BCUT2D eigenvalue weighted by Gasteiger charge is 2.13. The van der Waals surface area contributed by atoms with E-state index in [0.717, 1.165) is 24.5 Å². The number of amides is 1. The number of carbonyl (C=O) groups excluding carboxylic acids is 1. The summed E-state index contributed by atoms with van der Waals surface area (Å²) in [5, 5.41) is 11.8. The van der Waals surface area contributed by atoms with Gasteiger partial charge in [-0.1, -0.05) is 6.07 Å². The van der Waals surface area contributed by atoms with Crippen LogP contribution in [0.4, 0.5) is 5.82 Å². The van der Waals surface area contributed by atoms with Crippen LogP contribution in [0.15, 0.2) is 42.6 Å². The summed E-state index contributed by atoms with van der Waals surface area (Å²) in [6.07, 6.45) is 4.20. The molecule has 1 aromatic heterocycles. The van der Waals surface area contributed by atoms with Crippen LogP contribution in [0.5, 0.6) is 0 Å². The topological polar surface area (TPSA) is 69.0 Å². The third kappa shape index (κ3) is 3.67. The minimum Gasteiger partial charge on any atom is -0.357 e. The van der Waals surface area contributed by atoms with Crippen molar-refractivity contribution in [3.8, 4) is 6.07 Å². The molecule has 116 valence electrons. The summed E-state index contributed by atoms with van der Waals surface area (Å²) in [7, 11) is 0. The monoisotopic (exact) mass is 306 g/mol. The van der Waals surface area contributed by atoms with Gasteiger partial charge in [0.2, 0.25) is 0 Å². The standard InChI is InChI=1S/C18H18N4O/c19-12-14-4-3-5-16(10-14)18(23)21-13-15-6-7-20-17(11-15)22-8-1-2-9-22/h3-7,10-11H,1-2,8-9,13H2,(H,21,23). The highest BCUT2D eigenvalue weighted by Crippen LogP contribution is 2.18. The number of benzene rings is 1. The Kier molecular flexibility index (Phi) is 4.53. The molecule has 0 aliphatic carbocycles. The summed E-state index contributed by atoms with van der Waals surface area (Å²) in [6, 6.07) is 12.7. The van der Waals surface area contributed by atoms with Crippen molar-refractivity contribution < 1.29 is 4.79 Å². The van der Waals surface area contributed by atoms with Crippen LogP contribution >= 0.6 is 0 Å². The average molecular weight is 306 g/mol. The van der Waals surface area contributed by atoms with E-state index in [1.807, 2.05) is 18.2 Å². The molecule has 1 aromatic carbocycles. The number of nitrogens with one attached hydrogen (secondary N) is 1. The van der Waals surface area contributed by atoms with E-state index < -0.39 is 0 Å². The van der Waals surface area contributed by atoms with Gasteiger partial charge in [0.15, 0.2) is 0 Å². The maximum Gasteiger partial charge on any atom is 0.251 e. The van der Waals surface area contributed by atoms with Crippen LogP contribution < -0.4 is 10.2 Å². The second-order valence-electron chi connectivity index (χ2n) is 5.59. The lowest BCUT2D eigenvalue weighted by atomic mass is 10.1. The van der Waals surface area contributed by atoms with Gasteiger partial charge in [-0.15, -0.1) is 0 Å². The Morgan fingerprint density at radius 3 is 2.87 bits per heavy atom. The molecular formula is C18H18N4O. The van der Waals surface area contributed by atoms with E-state index in [4.69, 9.17) is 5.26 Å². The van der Waals surface area contributed by atoms with Gasteiger partial charge in [0, 0.05) is 31.4 Å². The zero-order valence-corrected chi connectivity index (χ0v) is 12.8. The maximum atomic E-state index is 12.2. The zero-order valence-electron chi connectivity index (χ0n) is 12.8. The first-order valence-corrected chi connectivity index (χ1v) is 7.74. The van der Waals surface area contributed by atoms with Gasteiger partial charge in [-0.25, -0.2) is 4.98 Å². The Labute approximate surface area is 135 Å². The van der Waals surface area contributed by atoms with Crippen LogP contribution in [-0.2, 0) is 6.54 Å². The Hall–Kier alpha value is -2.87. The molecule has 1 N–H and O–H groups in total. The molecule has 1 saturated heterocycles. The lowest BCUT2D eigenvalue weighted by molar-refractivity contribution is 0.0951. The predicted molar refractivity (Wildman–Crippen MR) is 88.0 cm³/mol. The van der Waals surface area contributed by atoms with Crippen LogP contribution in [0.2, 0.25) is 0 Å². The average Bonchev–Trinajstić information content (AvgIpc) is 3.14. The number of pyridine rings is 1. The van der Waals surface area contributed by atoms with Crippen molar-refractivity contribution in [1.29, 1.82) is 5.26 Å². The molecule has 5 nitrogen and oxygen atoms in total. The summed E-state index contributed by atoms with van der Waals surface area (Å²) in [5.74, 6) is 0.794. The maximum absolute atomic E-state index is 12.2. The normalized spacial score (nSPS) is 13.6. The Morgan fingerprint density at radius 2 is 2.09 bits per heavy atom. The van der Waals surface area contributed by atoms with E-state index in [1.165, 1.54) is 12.8 Å². The number of carbonyl (C=O) groups is 1. The summed E-state index contributed by atoms with van der Waals surface area (Å²) >= 11 is 0. The summed E-state index contributed by atoms with van der Waals surface area (Å²) in [6.45, 7) is 2.53. The van der Waals surface area contributed by atoms with Crippen molar-refractivity contribution in [1.82, 2.24) is 10.3 Å². The lowest BCUT2D eigenvalue weighted by Crippen LogP contribution is -2.23. The molecule has 0 atom stereocenters. The van der Waals surface area contributed by atoms with Gasteiger partial charge < -0.3 is 10.2 Å². The third-order valence-corrected chi connectivity index (χ3v) is 3.95. The molecule has 0 radical (unpaired) electrons. The van der Waals surface area contributed by atoms with Crippen molar-refractivity contribution in [3.05, 3.63) is 59.3 Å². The third-order valence-electron chi connectivity index (χ3n) is 3.95. The van der Waals surface area contributed by atoms with Gasteiger partial charge in [-0.3, -0.25) is 4.79 Å². The molecule has 0 saturated carbocycles. The van der Waals surface area contributed by atoms with Crippen molar-refractivity contribution in [2.75, 3.05) is 18.0 Å². The van der Waals surface area contributed by atoms with E-state index in [2.05, 4.69) is 15.2 Å². The van der Waals surface area contributed by atoms with Gasteiger partial charge in [-0.2, -0.15) is 5.26 Å². The fourth-order valence-electron chi connectivity index (χ4n) is 2.70. The van der Waals surface area contributed by atoms with Crippen LogP contribution in [-0.4, -0.2) is 24.0 Å². The first-order chi connectivity index (χ1) is 11.3. The SMILES string of the molecule is N#Cc1cccc(C(=O)NCc2ccnc(N3CCCC3)c2)c1. The van der Waals surface area contributed by atoms with E-state index in [9.17, 15) is 4.79 Å². The Morgan fingerprint density at radius 1 is 1.26 bits per heavy atom. The smallest absolute Gasteiger partial charge is 0.251 e. The lowest BCUT2D eigenvalue weighted by Gasteiger charge is -2.17. The first-order valence-electron chi connectivity index (χ1n) is 7.74. The van der Waals surface area contributed by atoms with E-state index in [0.29, 0.717) is 17.7 Å². The quantitative estimate of drug-likeness (QED) is 0.942. The van der Waals surface area contributed by atoms with Gasteiger partial charge in [0.05, 0.1) is 11.6 Å². The Bertz CT molecular complexity index is 745. The van der Waals surface area contributed by atoms with Crippen molar-refractivity contribution in [2.45, 2.75) is 19.4 Å². The number of rotatable bonds is 4. The predicted octanol–water partition coefficient (Wildman–Crippen LogP) is 2.48. The van der Waals surface area contributed by atoms with Crippen LogP contribution in [0, 0.1) is 11.3 Å². The molecule has 0 unspecified atom stereocenters. The van der Waals surface area contributed by atoms with Crippen LogP contribution in [0.3, 0.4) is 0 Å². The number of nitriles is 1. The molecule has 1 fully saturated rings. The van der Waals surface area contributed by atoms with E-state index in [-0.39, 0.29) is 5.91 Å². The molecular weight excluding hydrogens is 288 g/mol. The fourth-order valence-corrected chi connectivity index (χ4v) is 2.70. The second kappa shape index (κ2) is 6.93. The number of anilines is 1. The molecule has 0 spiro atoms. The van der Waals surface area contributed by atoms with Crippen molar-refractivity contribution in [3.63, 3.8) is 0 Å². The largest absolute Gasteiger partial charge is 0.357 e. The molecule has 2 heterocycles. The van der Waals surface area contributed by atoms with Crippen molar-refractivity contribution in [2.24, 2.45) is 0 Å². The van der Waals surface area contributed by atoms with Gasteiger partial charge in [0.1, 0.15) is 5.82 Å². The van der Waals surface area contributed by atoms with E-state index >= 15 is 0 Å². The summed E-state index contributed by atoms with van der Waals surface area (Å²) in [4.78, 5) is 18.9. The van der Waals surface area contributed by atoms with Crippen LogP contribution in [0.1, 0.15) is 34.3 Å². The Balaban J connectivity index is 1.64. The molecule has 2 aromatic rings. The molecule has 23 heavy (non-hydrogen) atoms. The molecule has 3 rings (SSSR count). The minimum absolute atomic E-state index is 0.179. The number of aromatic nitrogens is 1. The molecule has 1 amide bonds. The molecule has 5 heteroatoms. The highest BCUT2D eigenvalue weighted by atomic mass is 16.1. The zero-order chi connectivity index (χ0) is 16.1. The van der Waals surface area contributed by atoms with Crippen LogP contribution in [0.25, 0.3) is 0 Å². The first kappa shape index (κ1) is 15.0. The molecule has 1 aliphatic rings. The number of nitrogens with zero attached hydrogens (tertiary/aromatic N) is 3. The second-order valence-corrected chi connectivity index (χ2v) is 5.59. The molecule has 0 bridgehead atoms. The van der Waals surface area contributed by atoms with Crippen molar-refractivity contribution >= 4 is 11.7 Å². The summed E-state index contributed by atoms with van der Waals surface area (Å²) < 4.78 is 0. The summed E-state index contributed by atoms with van der Waals surface area (Å²) in [5.41, 5.74) is 2.00. The fraction of sp³-hybridized carbons (Fsp3) is 0.278. The van der Waals surface area contributed by atoms with Gasteiger partial charge >= 0.3 is 0 Å².